The van der Waals surface area contributed by atoms with Gasteiger partial charge < -0.3 is 9.47 Å². The van der Waals surface area contributed by atoms with Crippen molar-refractivity contribution in [3.05, 3.63) is 52.1 Å². The number of benzene rings is 1. The summed E-state index contributed by atoms with van der Waals surface area (Å²) < 4.78 is 11.5. The van der Waals surface area contributed by atoms with Crippen LogP contribution >= 0.6 is 0 Å². The minimum Gasteiger partial charge on any atom is -0.346 e. The van der Waals surface area contributed by atoms with E-state index in [2.05, 4.69) is 13.0 Å². The lowest BCUT2D eigenvalue weighted by molar-refractivity contribution is -0.384. The summed E-state index contributed by atoms with van der Waals surface area (Å²) in [6, 6.07) is 6.50. The lowest BCUT2D eigenvalue weighted by atomic mass is 10.1. The molecule has 0 N–H and O–H groups in total. The fraction of sp³-hybridized carbons (Fsp3) is 0.667. The van der Waals surface area contributed by atoms with Crippen LogP contribution in [-0.4, -0.2) is 17.8 Å². The molecule has 0 amide bonds. The monoisotopic (exact) mass is 403 g/mol. The van der Waals surface area contributed by atoms with Crippen molar-refractivity contribution in [1.82, 2.24) is 0 Å². The number of non-ortho nitro benzene ring substituents is 1. The van der Waals surface area contributed by atoms with Crippen molar-refractivity contribution < 1.29 is 14.4 Å². The van der Waals surface area contributed by atoms with Crippen molar-refractivity contribution in [2.45, 2.75) is 96.4 Å². The summed E-state index contributed by atoms with van der Waals surface area (Å²) in [4.78, 5) is 10.3. The molecule has 5 heteroatoms. The second-order valence-corrected chi connectivity index (χ2v) is 7.93. The highest BCUT2D eigenvalue weighted by molar-refractivity contribution is 5.34. The van der Waals surface area contributed by atoms with Gasteiger partial charge in [-0.15, -0.1) is 0 Å². The van der Waals surface area contributed by atoms with Gasteiger partial charge >= 0.3 is 0 Å². The average molecular weight is 404 g/mol. The van der Waals surface area contributed by atoms with Gasteiger partial charge in [0.15, 0.2) is 6.29 Å². The van der Waals surface area contributed by atoms with Crippen LogP contribution in [0.5, 0.6) is 0 Å². The first-order valence-corrected chi connectivity index (χ1v) is 11.4. The van der Waals surface area contributed by atoms with Gasteiger partial charge in [0.1, 0.15) is 6.10 Å². The summed E-state index contributed by atoms with van der Waals surface area (Å²) in [5, 5.41) is 10.7. The smallest absolute Gasteiger partial charge is 0.269 e. The number of hydrogen-bond donors (Lipinski definition) is 0. The molecule has 1 aromatic carbocycles. The largest absolute Gasteiger partial charge is 0.346 e. The van der Waals surface area contributed by atoms with Crippen molar-refractivity contribution in [2.24, 2.45) is 0 Å². The van der Waals surface area contributed by atoms with Crippen molar-refractivity contribution in [2.75, 3.05) is 6.61 Å². The first-order valence-electron chi connectivity index (χ1n) is 11.4. The van der Waals surface area contributed by atoms with Gasteiger partial charge in [-0.1, -0.05) is 77.2 Å². The third-order valence-corrected chi connectivity index (χ3v) is 5.45. The van der Waals surface area contributed by atoms with Gasteiger partial charge in [0.2, 0.25) is 0 Å². The third kappa shape index (κ3) is 9.55. The maximum absolute atomic E-state index is 10.7. The number of rotatable bonds is 15. The van der Waals surface area contributed by atoms with Crippen molar-refractivity contribution >= 4 is 5.69 Å². The van der Waals surface area contributed by atoms with E-state index in [1.54, 1.807) is 12.1 Å². The highest BCUT2D eigenvalue weighted by atomic mass is 16.7. The zero-order valence-electron chi connectivity index (χ0n) is 17.9. The Bertz CT molecular complexity index is 599. The van der Waals surface area contributed by atoms with Gasteiger partial charge in [0, 0.05) is 12.1 Å². The molecule has 1 aromatic rings. The Labute approximate surface area is 175 Å². The van der Waals surface area contributed by atoms with Gasteiger partial charge in [-0.3, -0.25) is 10.1 Å². The summed E-state index contributed by atoms with van der Waals surface area (Å²) in [6.45, 7) is 2.74. The van der Waals surface area contributed by atoms with Crippen LogP contribution in [0.3, 0.4) is 0 Å². The average Bonchev–Trinajstić information content (AvgIpc) is 3.20. The SMILES string of the molecule is CCCCCCCCCCCCCC=CC1OCC(c2ccc([N+](=O)[O-])cc2)O1. The van der Waals surface area contributed by atoms with E-state index in [-0.39, 0.29) is 18.1 Å². The van der Waals surface area contributed by atoms with E-state index in [9.17, 15) is 10.1 Å². The summed E-state index contributed by atoms with van der Waals surface area (Å²) in [6.07, 6.45) is 19.7. The fourth-order valence-electron chi connectivity index (χ4n) is 3.64. The van der Waals surface area contributed by atoms with Gasteiger partial charge in [0.25, 0.3) is 5.69 Å². The molecule has 2 unspecified atom stereocenters. The van der Waals surface area contributed by atoms with Gasteiger partial charge in [-0.25, -0.2) is 0 Å². The molecule has 0 aliphatic carbocycles. The predicted octanol–water partition coefficient (Wildman–Crippen LogP) is 7.27. The Morgan fingerprint density at radius 1 is 0.966 bits per heavy atom. The molecule has 162 valence electrons. The van der Waals surface area contributed by atoms with Gasteiger partial charge in [-0.2, -0.15) is 0 Å². The zero-order chi connectivity index (χ0) is 20.7. The summed E-state index contributed by atoms with van der Waals surface area (Å²) >= 11 is 0. The number of hydrogen-bond acceptors (Lipinski definition) is 4. The predicted molar refractivity (Wildman–Crippen MR) is 117 cm³/mol. The molecule has 1 aliphatic heterocycles. The number of ether oxygens (including phenoxy) is 2. The van der Waals surface area contributed by atoms with Crippen LogP contribution in [0.2, 0.25) is 0 Å². The van der Waals surface area contributed by atoms with E-state index in [1.165, 1.54) is 82.8 Å². The van der Waals surface area contributed by atoms with Crippen molar-refractivity contribution in [3.63, 3.8) is 0 Å². The molecule has 2 rings (SSSR count). The lowest BCUT2D eigenvalue weighted by Gasteiger charge is -2.08. The molecule has 0 spiro atoms. The summed E-state index contributed by atoms with van der Waals surface area (Å²) in [7, 11) is 0. The first-order chi connectivity index (χ1) is 14.2. The van der Waals surface area contributed by atoms with Crippen molar-refractivity contribution in [3.8, 4) is 0 Å². The minimum atomic E-state index is -0.393. The maximum atomic E-state index is 10.7. The van der Waals surface area contributed by atoms with Gasteiger partial charge in [0.05, 0.1) is 11.5 Å². The molecule has 0 saturated carbocycles. The van der Waals surface area contributed by atoms with Crippen LogP contribution in [0.15, 0.2) is 36.4 Å². The highest BCUT2D eigenvalue weighted by Crippen LogP contribution is 2.28. The molecule has 1 saturated heterocycles. The molecular formula is C24H37NO4. The van der Waals surface area contributed by atoms with Crippen LogP contribution in [0, 0.1) is 10.1 Å². The van der Waals surface area contributed by atoms with Crippen molar-refractivity contribution in [1.29, 1.82) is 0 Å². The molecule has 5 nitrogen and oxygen atoms in total. The summed E-state index contributed by atoms with van der Waals surface area (Å²) in [5.41, 5.74) is 1.01. The second-order valence-electron chi connectivity index (χ2n) is 7.93. The van der Waals surface area contributed by atoms with Crippen LogP contribution < -0.4 is 0 Å². The van der Waals surface area contributed by atoms with E-state index in [0.717, 1.165) is 12.0 Å². The molecule has 0 aromatic heterocycles. The van der Waals surface area contributed by atoms with Crippen LogP contribution in [0.25, 0.3) is 0 Å². The Hall–Kier alpha value is -1.72. The van der Waals surface area contributed by atoms with Crippen LogP contribution in [0.1, 0.15) is 95.6 Å². The maximum Gasteiger partial charge on any atom is 0.269 e. The van der Waals surface area contributed by atoms with E-state index >= 15 is 0 Å². The lowest BCUT2D eigenvalue weighted by Crippen LogP contribution is -2.04. The fourth-order valence-corrected chi connectivity index (χ4v) is 3.64. The highest BCUT2D eigenvalue weighted by Gasteiger charge is 2.25. The second kappa shape index (κ2) is 14.3. The molecule has 1 aliphatic rings. The molecule has 1 heterocycles. The molecule has 1 fully saturated rings. The topological polar surface area (TPSA) is 61.6 Å². The number of nitro benzene ring substituents is 1. The Morgan fingerprint density at radius 2 is 1.55 bits per heavy atom. The molecule has 29 heavy (non-hydrogen) atoms. The van der Waals surface area contributed by atoms with E-state index < -0.39 is 4.92 Å². The Balaban J connectivity index is 1.48. The zero-order valence-corrected chi connectivity index (χ0v) is 17.9. The molecule has 0 radical (unpaired) electrons. The van der Waals surface area contributed by atoms with Gasteiger partial charge in [-0.05, 0) is 36.6 Å². The number of nitrogens with zero attached hydrogens (tertiary/aromatic N) is 1. The molecule has 2 atom stereocenters. The Morgan fingerprint density at radius 3 is 2.14 bits per heavy atom. The molecule has 0 bridgehead atoms. The minimum absolute atomic E-state index is 0.0936. The van der Waals surface area contributed by atoms with E-state index in [0.29, 0.717) is 6.61 Å². The number of allylic oxidation sites excluding steroid dienone is 1. The summed E-state index contributed by atoms with van der Waals surface area (Å²) in [5.74, 6) is 0. The van der Waals surface area contributed by atoms with E-state index in [1.807, 2.05) is 6.08 Å². The number of nitro groups is 1. The normalized spacial score (nSPS) is 19.2. The standard InChI is InChI=1S/C24H37NO4/c1-2-3-4-5-6-7-8-9-10-11-12-13-14-15-24-28-20-23(29-24)21-16-18-22(19-17-21)25(26)27/h14-19,23-24H,2-13,20H2,1H3. The van der Waals surface area contributed by atoms with E-state index in [4.69, 9.17) is 9.47 Å². The Kier molecular flexibility index (Phi) is 11.6. The third-order valence-electron chi connectivity index (χ3n) is 5.45. The first kappa shape index (κ1) is 23.6. The number of unbranched alkanes of at least 4 members (excludes halogenated alkanes) is 11. The molecular weight excluding hydrogens is 366 g/mol. The quantitative estimate of drug-likeness (QED) is 0.134. The van der Waals surface area contributed by atoms with Crippen LogP contribution in [-0.2, 0) is 9.47 Å². The van der Waals surface area contributed by atoms with Crippen LogP contribution in [0.4, 0.5) is 5.69 Å².